The van der Waals surface area contributed by atoms with Crippen molar-refractivity contribution in [3.8, 4) is 0 Å². The van der Waals surface area contributed by atoms with Crippen molar-refractivity contribution >= 4 is 0 Å². The van der Waals surface area contributed by atoms with Gasteiger partial charge >= 0.3 is 0 Å². The molecule has 0 bridgehead atoms. The van der Waals surface area contributed by atoms with Crippen LogP contribution < -0.4 is 5.73 Å². The van der Waals surface area contributed by atoms with Gasteiger partial charge in [0, 0.05) is 12.6 Å². The molecule has 0 aromatic heterocycles. The van der Waals surface area contributed by atoms with Crippen molar-refractivity contribution < 1.29 is 0 Å². The normalized spacial score (nSPS) is 20.6. The third-order valence-corrected chi connectivity index (χ3v) is 4.44. The Kier molecular flexibility index (Phi) is 5.90. The summed E-state index contributed by atoms with van der Waals surface area (Å²) in [5, 5.41) is 0. The molecule has 0 spiro atoms. The smallest absolute Gasteiger partial charge is 0.0194 e. The first kappa shape index (κ1) is 14.9. The molecule has 0 radical (unpaired) electrons. The summed E-state index contributed by atoms with van der Waals surface area (Å²) >= 11 is 0. The number of hydrogen-bond acceptors (Lipinski definition) is 3. The van der Waals surface area contributed by atoms with Gasteiger partial charge < -0.3 is 10.6 Å². The lowest BCUT2D eigenvalue weighted by molar-refractivity contribution is 0.0906. The lowest BCUT2D eigenvalue weighted by atomic mass is 9.66. The van der Waals surface area contributed by atoms with Crippen LogP contribution in [-0.2, 0) is 0 Å². The minimum atomic E-state index is 0.491. The molecule has 0 amide bonds. The van der Waals surface area contributed by atoms with Gasteiger partial charge in [0.1, 0.15) is 0 Å². The summed E-state index contributed by atoms with van der Waals surface area (Å²) in [4.78, 5) is 4.87. The molecule has 3 heteroatoms. The third-order valence-electron chi connectivity index (χ3n) is 4.44. The number of rotatable bonds is 8. The maximum atomic E-state index is 5.93. The molecule has 1 rings (SSSR count). The van der Waals surface area contributed by atoms with E-state index in [-0.39, 0.29) is 0 Å². The molecule has 3 nitrogen and oxygen atoms in total. The molecule has 1 saturated carbocycles. The van der Waals surface area contributed by atoms with Gasteiger partial charge in [0.2, 0.25) is 0 Å². The minimum Gasteiger partial charge on any atom is -0.330 e. The van der Waals surface area contributed by atoms with Gasteiger partial charge in [0.05, 0.1) is 0 Å². The average Bonchev–Trinajstić information content (AvgIpc) is 2.21. The SMILES string of the molecule is CCN(CCC1(CN)CCC1)C(C)CN(C)C. The van der Waals surface area contributed by atoms with Gasteiger partial charge in [0.25, 0.3) is 0 Å². The number of likely N-dealkylation sites (N-methyl/N-ethyl adjacent to an activating group) is 2. The molecule has 0 saturated heterocycles. The van der Waals surface area contributed by atoms with E-state index in [0.717, 1.165) is 19.6 Å². The van der Waals surface area contributed by atoms with Crippen LogP contribution in [0.5, 0.6) is 0 Å². The quantitative estimate of drug-likeness (QED) is 0.703. The van der Waals surface area contributed by atoms with E-state index < -0.39 is 0 Å². The van der Waals surface area contributed by atoms with E-state index in [0.29, 0.717) is 11.5 Å². The van der Waals surface area contributed by atoms with Crippen molar-refractivity contribution in [1.82, 2.24) is 9.80 Å². The Hall–Kier alpha value is -0.120. The van der Waals surface area contributed by atoms with E-state index in [1.165, 1.54) is 32.2 Å². The van der Waals surface area contributed by atoms with Gasteiger partial charge in [-0.15, -0.1) is 0 Å². The van der Waals surface area contributed by atoms with E-state index in [1.54, 1.807) is 0 Å². The molecule has 0 aromatic carbocycles. The van der Waals surface area contributed by atoms with Crippen LogP contribution in [0.4, 0.5) is 0 Å². The second-order valence-electron chi connectivity index (χ2n) is 6.05. The molecule has 0 aliphatic heterocycles. The lowest BCUT2D eigenvalue weighted by Crippen LogP contribution is -2.44. The van der Waals surface area contributed by atoms with E-state index in [1.807, 2.05) is 0 Å². The monoisotopic (exact) mass is 241 g/mol. The largest absolute Gasteiger partial charge is 0.330 e. The van der Waals surface area contributed by atoms with Gasteiger partial charge in [-0.3, -0.25) is 4.90 Å². The summed E-state index contributed by atoms with van der Waals surface area (Å²) in [6, 6.07) is 0.643. The van der Waals surface area contributed by atoms with E-state index >= 15 is 0 Å². The van der Waals surface area contributed by atoms with Crippen molar-refractivity contribution in [3.05, 3.63) is 0 Å². The van der Waals surface area contributed by atoms with Gasteiger partial charge in [-0.05, 0) is 65.3 Å². The summed E-state index contributed by atoms with van der Waals surface area (Å²) in [6.45, 7) is 8.98. The summed E-state index contributed by atoms with van der Waals surface area (Å²) in [7, 11) is 4.30. The van der Waals surface area contributed by atoms with Gasteiger partial charge in [-0.2, -0.15) is 0 Å². The third kappa shape index (κ3) is 4.23. The summed E-state index contributed by atoms with van der Waals surface area (Å²) in [5.74, 6) is 0. The predicted octanol–water partition coefficient (Wildman–Crippen LogP) is 1.78. The number of hydrogen-bond donors (Lipinski definition) is 1. The van der Waals surface area contributed by atoms with Gasteiger partial charge in [-0.1, -0.05) is 13.3 Å². The minimum absolute atomic E-state index is 0.491. The average molecular weight is 241 g/mol. The van der Waals surface area contributed by atoms with Crippen molar-refractivity contribution in [2.24, 2.45) is 11.1 Å². The first-order chi connectivity index (χ1) is 8.03. The molecule has 102 valence electrons. The fourth-order valence-electron chi connectivity index (χ4n) is 2.95. The number of nitrogens with zero attached hydrogens (tertiary/aromatic N) is 2. The molecule has 0 heterocycles. The van der Waals surface area contributed by atoms with Crippen molar-refractivity contribution in [3.63, 3.8) is 0 Å². The number of nitrogens with two attached hydrogens (primary N) is 1. The highest BCUT2D eigenvalue weighted by atomic mass is 15.2. The second-order valence-corrected chi connectivity index (χ2v) is 6.05. The standard InChI is InChI=1S/C14H31N3/c1-5-17(13(2)11-16(3)4)10-9-14(12-15)7-6-8-14/h13H,5-12,15H2,1-4H3. The highest BCUT2D eigenvalue weighted by Gasteiger charge is 2.35. The highest BCUT2D eigenvalue weighted by molar-refractivity contribution is 4.89. The fraction of sp³-hybridized carbons (Fsp3) is 1.00. The molecule has 1 aliphatic carbocycles. The maximum Gasteiger partial charge on any atom is 0.0194 e. The van der Waals surface area contributed by atoms with Crippen LogP contribution in [0.3, 0.4) is 0 Å². The Labute approximate surface area is 107 Å². The van der Waals surface area contributed by atoms with Crippen LogP contribution in [-0.4, -0.2) is 56.1 Å². The second kappa shape index (κ2) is 6.72. The fourth-order valence-corrected chi connectivity index (χ4v) is 2.95. The van der Waals surface area contributed by atoms with Crippen molar-refractivity contribution in [2.75, 3.05) is 40.3 Å². The van der Waals surface area contributed by atoms with Crippen LogP contribution in [0.15, 0.2) is 0 Å². The Morgan fingerprint density at radius 1 is 1.29 bits per heavy atom. The van der Waals surface area contributed by atoms with Crippen molar-refractivity contribution in [1.29, 1.82) is 0 Å². The first-order valence-corrected chi connectivity index (χ1v) is 7.12. The van der Waals surface area contributed by atoms with Gasteiger partial charge in [-0.25, -0.2) is 0 Å². The maximum absolute atomic E-state index is 5.93. The molecule has 1 atom stereocenters. The zero-order valence-electron chi connectivity index (χ0n) is 12.2. The summed E-state index contributed by atoms with van der Waals surface area (Å²) in [5.41, 5.74) is 6.42. The molecule has 1 unspecified atom stereocenters. The topological polar surface area (TPSA) is 32.5 Å². The van der Waals surface area contributed by atoms with Crippen LogP contribution in [0.25, 0.3) is 0 Å². The van der Waals surface area contributed by atoms with E-state index in [4.69, 9.17) is 5.73 Å². The molecule has 1 aliphatic rings. The van der Waals surface area contributed by atoms with Gasteiger partial charge in [0.15, 0.2) is 0 Å². The molecular weight excluding hydrogens is 210 g/mol. The Balaban J connectivity index is 2.35. The highest BCUT2D eigenvalue weighted by Crippen LogP contribution is 2.42. The zero-order valence-corrected chi connectivity index (χ0v) is 12.2. The van der Waals surface area contributed by atoms with E-state index in [2.05, 4.69) is 37.7 Å². The first-order valence-electron chi connectivity index (χ1n) is 7.12. The molecule has 2 N–H and O–H groups in total. The summed E-state index contributed by atoms with van der Waals surface area (Å²) < 4.78 is 0. The van der Waals surface area contributed by atoms with Crippen molar-refractivity contribution in [2.45, 2.75) is 45.6 Å². The Morgan fingerprint density at radius 2 is 1.94 bits per heavy atom. The Bertz CT molecular complexity index is 206. The molecular formula is C14H31N3. The van der Waals surface area contributed by atoms with Crippen LogP contribution in [0.1, 0.15) is 39.5 Å². The van der Waals surface area contributed by atoms with Crippen LogP contribution in [0, 0.1) is 5.41 Å². The predicted molar refractivity (Wildman–Crippen MR) is 75.2 cm³/mol. The zero-order chi connectivity index (χ0) is 12.9. The van der Waals surface area contributed by atoms with Crippen LogP contribution >= 0.6 is 0 Å². The molecule has 1 fully saturated rings. The molecule has 0 aromatic rings. The lowest BCUT2D eigenvalue weighted by Gasteiger charge is -2.43. The summed E-state index contributed by atoms with van der Waals surface area (Å²) in [6.07, 6.45) is 5.37. The van der Waals surface area contributed by atoms with E-state index in [9.17, 15) is 0 Å². The van der Waals surface area contributed by atoms with Crippen LogP contribution in [0.2, 0.25) is 0 Å². The molecule has 17 heavy (non-hydrogen) atoms. The Morgan fingerprint density at radius 3 is 2.29 bits per heavy atom.